The van der Waals surface area contributed by atoms with Crippen LogP contribution in [0.1, 0.15) is 38.5 Å². The first-order valence-electron chi connectivity index (χ1n) is 6.99. The van der Waals surface area contributed by atoms with Crippen LogP contribution < -0.4 is 5.73 Å². The highest BCUT2D eigenvalue weighted by Crippen LogP contribution is 2.48. The average molecular weight is 237 g/mol. The minimum absolute atomic E-state index is 0.194. The maximum Gasteiger partial charge on any atom is 0.156 e. The van der Waals surface area contributed by atoms with Crippen molar-refractivity contribution in [1.29, 1.82) is 0 Å². The summed E-state index contributed by atoms with van der Waals surface area (Å²) in [5.74, 6) is 3.26. The Bertz CT molecular complexity index is 318. The van der Waals surface area contributed by atoms with E-state index in [0.29, 0.717) is 5.84 Å². The van der Waals surface area contributed by atoms with E-state index in [0.717, 1.165) is 30.7 Å². The molecule has 1 heterocycles. The van der Waals surface area contributed by atoms with Crippen molar-refractivity contribution in [1.82, 2.24) is 4.90 Å². The molecule has 3 fully saturated rings. The molecule has 4 atom stereocenters. The van der Waals surface area contributed by atoms with Crippen LogP contribution in [0.3, 0.4) is 0 Å². The number of oxime groups is 1. The molecule has 0 aromatic heterocycles. The third kappa shape index (κ3) is 2.03. The molecule has 4 heteroatoms. The number of likely N-dealkylation sites (tertiary alicyclic amines) is 1. The molecule has 1 aliphatic heterocycles. The van der Waals surface area contributed by atoms with Gasteiger partial charge in [-0.05, 0) is 56.4 Å². The highest BCUT2D eigenvalue weighted by atomic mass is 16.4. The molecule has 0 radical (unpaired) electrons. The first-order chi connectivity index (χ1) is 8.28. The first kappa shape index (κ1) is 11.3. The molecule has 3 aliphatic rings. The standard InChI is InChI=1S/C13H23N3O/c14-13(15-17)12-2-1-5-16(12)8-11-7-9-3-4-10(11)6-9/h9-12,17H,1-8H2,(H2,14,15). The number of rotatable bonds is 3. The summed E-state index contributed by atoms with van der Waals surface area (Å²) in [4.78, 5) is 2.44. The van der Waals surface area contributed by atoms with Gasteiger partial charge in [-0.25, -0.2) is 0 Å². The monoisotopic (exact) mass is 237 g/mol. The SMILES string of the molecule is NC(=NO)C1CCCN1CC1CC2CCC1C2. The summed E-state index contributed by atoms with van der Waals surface area (Å²) in [6.07, 6.45) is 8.03. The number of nitrogens with two attached hydrogens (primary N) is 1. The van der Waals surface area contributed by atoms with E-state index in [-0.39, 0.29) is 6.04 Å². The van der Waals surface area contributed by atoms with Gasteiger partial charge in [0.25, 0.3) is 0 Å². The molecular formula is C13H23N3O. The maximum absolute atomic E-state index is 8.82. The Kier molecular flexibility index (Phi) is 2.99. The van der Waals surface area contributed by atoms with Gasteiger partial charge in [-0.15, -0.1) is 0 Å². The van der Waals surface area contributed by atoms with Crippen molar-refractivity contribution >= 4 is 5.84 Å². The molecule has 3 rings (SSSR count). The van der Waals surface area contributed by atoms with E-state index in [1.807, 2.05) is 0 Å². The van der Waals surface area contributed by atoms with E-state index < -0.39 is 0 Å². The van der Waals surface area contributed by atoms with Gasteiger partial charge in [0.05, 0.1) is 6.04 Å². The van der Waals surface area contributed by atoms with Crippen molar-refractivity contribution in [2.24, 2.45) is 28.6 Å². The third-order valence-corrected chi connectivity index (χ3v) is 5.17. The lowest BCUT2D eigenvalue weighted by Gasteiger charge is -2.30. The normalized spacial score (nSPS) is 42.5. The van der Waals surface area contributed by atoms with E-state index in [1.54, 1.807) is 0 Å². The Balaban J connectivity index is 1.61. The van der Waals surface area contributed by atoms with Crippen molar-refractivity contribution in [2.45, 2.75) is 44.6 Å². The predicted octanol–water partition coefficient (Wildman–Crippen LogP) is 1.63. The van der Waals surface area contributed by atoms with Crippen molar-refractivity contribution in [3.05, 3.63) is 0 Å². The summed E-state index contributed by atoms with van der Waals surface area (Å²) in [5, 5.41) is 12.0. The van der Waals surface area contributed by atoms with Gasteiger partial charge in [0.1, 0.15) is 0 Å². The lowest BCUT2D eigenvalue weighted by Crippen LogP contribution is -2.43. The zero-order valence-electron chi connectivity index (χ0n) is 10.4. The molecule has 2 bridgehead atoms. The maximum atomic E-state index is 8.82. The number of hydrogen-bond donors (Lipinski definition) is 2. The zero-order valence-corrected chi connectivity index (χ0v) is 10.4. The van der Waals surface area contributed by atoms with E-state index in [1.165, 1.54) is 38.6 Å². The molecule has 96 valence electrons. The van der Waals surface area contributed by atoms with Gasteiger partial charge in [-0.2, -0.15) is 0 Å². The third-order valence-electron chi connectivity index (χ3n) is 5.17. The van der Waals surface area contributed by atoms with Crippen LogP contribution in [0.2, 0.25) is 0 Å². The molecule has 3 N–H and O–H groups in total. The van der Waals surface area contributed by atoms with Crippen LogP contribution in [0.5, 0.6) is 0 Å². The van der Waals surface area contributed by atoms with E-state index in [2.05, 4.69) is 10.1 Å². The molecule has 4 nitrogen and oxygen atoms in total. The van der Waals surface area contributed by atoms with E-state index >= 15 is 0 Å². The Hall–Kier alpha value is -0.770. The molecule has 4 unspecified atom stereocenters. The summed E-state index contributed by atoms with van der Waals surface area (Å²) >= 11 is 0. The Morgan fingerprint density at radius 1 is 1.29 bits per heavy atom. The minimum Gasteiger partial charge on any atom is -0.409 e. The lowest BCUT2D eigenvalue weighted by atomic mass is 9.88. The van der Waals surface area contributed by atoms with E-state index in [9.17, 15) is 0 Å². The quantitative estimate of drug-likeness (QED) is 0.339. The fourth-order valence-electron chi connectivity index (χ4n) is 4.35. The molecule has 17 heavy (non-hydrogen) atoms. The number of fused-ring (bicyclic) bond motifs is 2. The second kappa shape index (κ2) is 4.48. The van der Waals surface area contributed by atoms with Crippen LogP contribution in [-0.2, 0) is 0 Å². The zero-order chi connectivity index (χ0) is 11.8. The fourth-order valence-corrected chi connectivity index (χ4v) is 4.35. The van der Waals surface area contributed by atoms with Gasteiger partial charge in [-0.3, -0.25) is 4.90 Å². The lowest BCUT2D eigenvalue weighted by molar-refractivity contribution is 0.199. The number of nitrogens with zero attached hydrogens (tertiary/aromatic N) is 2. The van der Waals surface area contributed by atoms with Crippen LogP contribution in [-0.4, -0.2) is 35.1 Å². The summed E-state index contributed by atoms with van der Waals surface area (Å²) < 4.78 is 0. The summed E-state index contributed by atoms with van der Waals surface area (Å²) in [7, 11) is 0. The molecule has 0 aromatic carbocycles. The topological polar surface area (TPSA) is 61.9 Å². The van der Waals surface area contributed by atoms with Crippen LogP contribution in [0.4, 0.5) is 0 Å². The molecule has 1 saturated heterocycles. The highest BCUT2D eigenvalue weighted by Gasteiger charge is 2.41. The number of amidine groups is 1. The van der Waals surface area contributed by atoms with Crippen molar-refractivity contribution in [3.63, 3.8) is 0 Å². The van der Waals surface area contributed by atoms with Gasteiger partial charge < -0.3 is 10.9 Å². The van der Waals surface area contributed by atoms with Gasteiger partial charge in [0, 0.05) is 6.54 Å². The average Bonchev–Trinajstić information content (AvgIpc) is 3.03. The van der Waals surface area contributed by atoms with Crippen molar-refractivity contribution in [3.8, 4) is 0 Å². The number of hydrogen-bond acceptors (Lipinski definition) is 3. The van der Waals surface area contributed by atoms with Crippen LogP contribution in [0.15, 0.2) is 5.16 Å². The smallest absolute Gasteiger partial charge is 0.156 e. The molecule has 0 amide bonds. The van der Waals surface area contributed by atoms with Gasteiger partial charge in [-0.1, -0.05) is 11.6 Å². The van der Waals surface area contributed by atoms with Crippen molar-refractivity contribution in [2.75, 3.05) is 13.1 Å². The van der Waals surface area contributed by atoms with Crippen molar-refractivity contribution < 1.29 is 5.21 Å². The molecule has 0 spiro atoms. The second-order valence-corrected chi connectivity index (χ2v) is 6.11. The van der Waals surface area contributed by atoms with Gasteiger partial charge >= 0.3 is 0 Å². The van der Waals surface area contributed by atoms with Crippen LogP contribution in [0, 0.1) is 17.8 Å². The van der Waals surface area contributed by atoms with Crippen LogP contribution >= 0.6 is 0 Å². The summed E-state index contributed by atoms with van der Waals surface area (Å²) in [6.45, 7) is 2.29. The fraction of sp³-hybridized carbons (Fsp3) is 0.923. The van der Waals surface area contributed by atoms with Gasteiger partial charge in [0.2, 0.25) is 0 Å². The Morgan fingerprint density at radius 3 is 2.82 bits per heavy atom. The predicted molar refractivity (Wildman–Crippen MR) is 66.9 cm³/mol. The largest absolute Gasteiger partial charge is 0.409 e. The molecule has 2 saturated carbocycles. The van der Waals surface area contributed by atoms with E-state index in [4.69, 9.17) is 10.9 Å². The minimum atomic E-state index is 0.194. The van der Waals surface area contributed by atoms with Crippen LogP contribution in [0.25, 0.3) is 0 Å². The second-order valence-electron chi connectivity index (χ2n) is 6.11. The summed E-state index contributed by atoms with van der Waals surface area (Å²) in [6, 6.07) is 0.194. The Labute approximate surface area is 103 Å². The first-order valence-corrected chi connectivity index (χ1v) is 6.99. The highest BCUT2D eigenvalue weighted by molar-refractivity contribution is 5.85. The molecule has 2 aliphatic carbocycles. The Morgan fingerprint density at radius 2 is 2.18 bits per heavy atom. The molecule has 0 aromatic rings. The summed E-state index contributed by atoms with van der Waals surface area (Å²) in [5.41, 5.74) is 5.78. The van der Waals surface area contributed by atoms with Gasteiger partial charge in [0.15, 0.2) is 5.84 Å². The molecular weight excluding hydrogens is 214 g/mol.